The summed E-state index contributed by atoms with van der Waals surface area (Å²) in [6.45, 7) is 5.33. The van der Waals surface area contributed by atoms with E-state index in [-0.39, 0.29) is 5.28 Å². The fourth-order valence-corrected chi connectivity index (χ4v) is 2.48. The zero-order chi connectivity index (χ0) is 13.9. The van der Waals surface area contributed by atoms with E-state index in [2.05, 4.69) is 25.2 Å². The lowest BCUT2D eigenvalue weighted by molar-refractivity contribution is 0.0398. The van der Waals surface area contributed by atoms with Crippen molar-refractivity contribution in [3.63, 3.8) is 0 Å². The van der Waals surface area contributed by atoms with Crippen molar-refractivity contribution in [2.45, 2.75) is 0 Å². The van der Waals surface area contributed by atoms with E-state index in [1.165, 1.54) is 0 Å². The molecule has 0 bridgehead atoms. The van der Waals surface area contributed by atoms with Crippen LogP contribution in [0.1, 0.15) is 0 Å². The topological polar surface area (TPSA) is 68.1 Å². The molecule has 8 heteroatoms. The van der Waals surface area contributed by atoms with Crippen LogP contribution in [0.15, 0.2) is 6.33 Å². The molecule has 2 aromatic rings. The molecule has 0 unspecified atom stereocenters. The zero-order valence-corrected chi connectivity index (χ0v) is 12.1. The molecule has 108 valence electrons. The molecule has 20 heavy (non-hydrogen) atoms. The molecule has 1 saturated heterocycles. The van der Waals surface area contributed by atoms with Crippen LogP contribution in [0.3, 0.4) is 0 Å². The highest BCUT2D eigenvalue weighted by molar-refractivity contribution is 6.28. The van der Waals surface area contributed by atoms with E-state index in [4.69, 9.17) is 16.3 Å². The van der Waals surface area contributed by atoms with Crippen LogP contribution < -0.4 is 5.32 Å². The molecule has 0 aliphatic carbocycles. The molecule has 0 spiro atoms. The van der Waals surface area contributed by atoms with Crippen molar-refractivity contribution < 1.29 is 4.74 Å². The van der Waals surface area contributed by atoms with Gasteiger partial charge < -0.3 is 14.6 Å². The Morgan fingerprint density at radius 2 is 2.15 bits per heavy atom. The van der Waals surface area contributed by atoms with Crippen molar-refractivity contribution in [3.8, 4) is 0 Å². The summed E-state index contributed by atoms with van der Waals surface area (Å²) in [6, 6.07) is 0. The SMILES string of the molecule is Cn1cnc2nc(Cl)nc(NCCN3CCOCC3)c21. The Morgan fingerprint density at radius 3 is 2.95 bits per heavy atom. The van der Waals surface area contributed by atoms with E-state index >= 15 is 0 Å². The average Bonchev–Trinajstić information content (AvgIpc) is 2.81. The van der Waals surface area contributed by atoms with Crippen molar-refractivity contribution in [1.82, 2.24) is 24.4 Å². The predicted octanol–water partition coefficient (Wildman–Crippen LogP) is 0.761. The third-order valence-electron chi connectivity index (χ3n) is 3.37. The van der Waals surface area contributed by atoms with Crippen LogP contribution in [0.2, 0.25) is 5.28 Å². The number of ether oxygens (including phenoxy) is 1. The fourth-order valence-electron chi connectivity index (χ4n) is 2.31. The molecular weight excluding hydrogens is 280 g/mol. The van der Waals surface area contributed by atoms with E-state index in [1.54, 1.807) is 6.33 Å². The second-order valence-corrected chi connectivity index (χ2v) is 5.09. The second kappa shape index (κ2) is 5.90. The molecule has 0 atom stereocenters. The number of morpholine rings is 1. The Bertz CT molecular complexity index is 595. The van der Waals surface area contributed by atoms with E-state index in [0.717, 1.165) is 50.7 Å². The van der Waals surface area contributed by atoms with Gasteiger partial charge in [-0.3, -0.25) is 4.90 Å². The van der Waals surface area contributed by atoms with Crippen molar-refractivity contribution in [3.05, 3.63) is 11.6 Å². The standard InChI is InChI=1S/C12H17ClN6O/c1-18-8-15-11-9(18)10(16-12(13)17-11)14-2-3-19-4-6-20-7-5-19/h8H,2-7H2,1H3,(H,14,16,17). The van der Waals surface area contributed by atoms with Gasteiger partial charge in [0.2, 0.25) is 5.28 Å². The molecule has 7 nitrogen and oxygen atoms in total. The normalized spacial score (nSPS) is 16.7. The Hall–Kier alpha value is -1.44. The summed E-state index contributed by atoms with van der Waals surface area (Å²) in [6.07, 6.45) is 1.71. The summed E-state index contributed by atoms with van der Waals surface area (Å²) in [5.41, 5.74) is 1.48. The molecule has 2 aromatic heterocycles. The lowest BCUT2D eigenvalue weighted by Crippen LogP contribution is -2.39. The first kappa shape index (κ1) is 13.5. The van der Waals surface area contributed by atoms with Gasteiger partial charge in [0.25, 0.3) is 0 Å². The molecule has 3 rings (SSSR count). The zero-order valence-electron chi connectivity index (χ0n) is 11.3. The molecule has 1 N–H and O–H groups in total. The van der Waals surface area contributed by atoms with Gasteiger partial charge in [0, 0.05) is 33.2 Å². The number of anilines is 1. The fraction of sp³-hybridized carbons (Fsp3) is 0.583. The number of hydrogen-bond acceptors (Lipinski definition) is 6. The Kier molecular flexibility index (Phi) is 4.00. The van der Waals surface area contributed by atoms with Gasteiger partial charge in [-0.25, -0.2) is 4.98 Å². The number of fused-ring (bicyclic) bond motifs is 1. The van der Waals surface area contributed by atoms with Crippen LogP contribution in [-0.2, 0) is 11.8 Å². The van der Waals surface area contributed by atoms with Gasteiger partial charge in [0.05, 0.1) is 19.5 Å². The van der Waals surface area contributed by atoms with E-state index in [9.17, 15) is 0 Å². The van der Waals surface area contributed by atoms with Crippen molar-refractivity contribution in [1.29, 1.82) is 0 Å². The maximum atomic E-state index is 5.92. The van der Waals surface area contributed by atoms with Gasteiger partial charge in [-0.1, -0.05) is 0 Å². The van der Waals surface area contributed by atoms with Gasteiger partial charge in [0.1, 0.15) is 5.52 Å². The van der Waals surface area contributed by atoms with Crippen molar-refractivity contribution in [2.24, 2.45) is 7.05 Å². The maximum absolute atomic E-state index is 5.92. The molecule has 0 aromatic carbocycles. The van der Waals surface area contributed by atoms with Crippen LogP contribution in [0.25, 0.3) is 11.2 Å². The van der Waals surface area contributed by atoms with Crippen molar-refractivity contribution in [2.75, 3.05) is 44.7 Å². The Labute approximate surface area is 121 Å². The second-order valence-electron chi connectivity index (χ2n) is 4.75. The lowest BCUT2D eigenvalue weighted by Gasteiger charge is -2.26. The van der Waals surface area contributed by atoms with E-state index in [1.807, 2.05) is 11.6 Å². The number of aromatic nitrogens is 4. The van der Waals surface area contributed by atoms with Gasteiger partial charge in [-0.05, 0) is 11.6 Å². The minimum atomic E-state index is 0.213. The first-order chi connectivity index (χ1) is 9.74. The quantitative estimate of drug-likeness (QED) is 0.840. The van der Waals surface area contributed by atoms with E-state index < -0.39 is 0 Å². The molecule has 0 radical (unpaired) electrons. The highest BCUT2D eigenvalue weighted by atomic mass is 35.5. The Balaban J connectivity index is 1.68. The van der Waals surface area contributed by atoms with Crippen LogP contribution in [0, 0.1) is 0 Å². The molecule has 1 aliphatic heterocycles. The summed E-state index contributed by atoms with van der Waals surface area (Å²) in [5, 5.41) is 3.54. The molecule has 0 amide bonds. The average molecular weight is 297 g/mol. The molecular formula is C12H17ClN6O. The highest BCUT2D eigenvalue weighted by Crippen LogP contribution is 2.20. The molecule has 0 saturated carbocycles. The van der Waals surface area contributed by atoms with Crippen molar-refractivity contribution >= 4 is 28.6 Å². The number of imidazole rings is 1. The summed E-state index contributed by atoms with van der Waals surface area (Å²) < 4.78 is 7.22. The van der Waals surface area contributed by atoms with Gasteiger partial charge in [-0.2, -0.15) is 9.97 Å². The molecule has 3 heterocycles. The predicted molar refractivity (Wildman–Crippen MR) is 77.1 cm³/mol. The minimum Gasteiger partial charge on any atom is -0.379 e. The summed E-state index contributed by atoms with van der Waals surface area (Å²) in [5.74, 6) is 0.730. The van der Waals surface area contributed by atoms with E-state index in [0.29, 0.717) is 5.65 Å². The largest absolute Gasteiger partial charge is 0.379 e. The van der Waals surface area contributed by atoms with Crippen LogP contribution in [-0.4, -0.2) is 63.8 Å². The summed E-state index contributed by atoms with van der Waals surface area (Å²) in [7, 11) is 1.92. The number of halogens is 1. The first-order valence-electron chi connectivity index (χ1n) is 6.62. The van der Waals surface area contributed by atoms with Gasteiger partial charge in [-0.15, -0.1) is 0 Å². The lowest BCUT2D eigenvalue weighted by atomic mass is 10.4. The number of aryl methyl sites for hydroxylation is 1. The smallest absolute Gasteiger partial charge is 0.226 e. The third kappa shape index (κ3) is 2.84. The molecule has 1 fully saturated rings. The first-order valence-corrected chi connectivity index (χ1v) is 7.00. The number of nitrogens with one attached hydrogen (secondary N) is 1. The monoisotopic (exact) mass is 296 g/mol. The van der Waals surface area contributed by atoms with Crippen LogP contribution in [0.5, 0.6) is 0 Å². The number of rotatable bonds is 4. The summed E-state index contributed by atoms with van der Waals surface area (Å²) in [4.78, 5) is 14.9. The number of nitrogens with zero attached hydrogens (tertiary/aromatic N) is 5. The minimum absolute atomic E-state index is 0.213. The maximum Gasteiger partial charge on any atom is 0.226 e. The summed E-state index contributed by atoms with van der Waals surface area (Å²) >= 11 is 5.92. The van der Waals surface area contributed by atoms with Crippen LogP contribution in [0.4, 0.5) is 5.82 Å². The van der Waals surface area contributed by atoms with Gasteiger partial charge >= 0.3 is 0 Å². The Morgan fingerprint density at radius 1 is 1.35 bits per heavy atom. The third-order valence-corrected chi connectivity index (χ3v) is 3.54. The highest BCUT2D eigenvalue weighted by Gasteiger charge is 2.13. The number of hydrogen-bond donors (Lipinski definition) is 1. The molecule has 1 aliphatic rings. The van der Waals surface area contributed by atoms with Gasteiger partial charge in [0.15, 0.2) is 11.5 Å². The van der Waals surface area contributed by atoms with Crippen LogP contribution >= 0.6 is 11.6 Å².